The molecule has 4 unspecified atom stereocenters. The predicted octanol–water partition coefficient (Wildman–Crippen LogP) is 0.878. The number of aliphatic hydroxyl groups excluding tert-OH is 2. The normalized spacial score (nSPS) is 21.4. The Labute approximate surface area is 208 Å². The minimum Gasteiger partial charge on any atom is -0.491 e. The molecule has 1 aliphatic heterocycles. The molecule has 186 valence electrons. The van der Waals surface area contributed by atoms with Crippen molar-refractivity contribution in [1.29, 1.82) is 0 Å². The quantitative estimate of drug-likeness (QED) is 0.296. The van der Waals surface area contributed by atoms with Crippen LogP contribution in [-0.4, -0.2) is 72.5 Å². The number of nitrogens with zero attached hydrogens (tertiary/aromatic N) is 4. The fourth-order valence-corrected chi connectivity index (χ4v) is 5.06. The molecule has 3 heterocycles. The first-order valence-corrected chi connectivity index (χ1v) is 12.3. The molecule has 2 aromatic heterocycles. The van der Waals surface area contributed by atoms with E-state index in [1.54, 1.807) is 11.0 Å². The number of aromatic nitrogens is 4. The summed E-state index contributed by atoms with van der Waals surface area (Å²) in [5, 5.41) is 27.2. The van der Waals surface area contributed by atoms with Gasteiger partial charge in [0.1, 0.15) is 31.1 Å². The van der Waals surface area contributed by atoms with Gasteiger partial charge in [-0.2, -0.15) is 5.10 Å². The molecule has 0 fully saturated rings. The van der Waals surface area contributed by atoms with Gasteiger partial charge in [0, 0.05) is 29.4 Å². The summed E-state index contributed by atoms with van der Waals surface area (Å²) in [6, 6.07) is 7.53. The van der Waals surface area contributed by atoms with Gasteiger partial charge in [-0.15, -0.1) is 11.6 Å². The van der Waals surface area contributed by atoms with E-state index >= 15 is 0 Å². The lowest BCUT2D eigenvalue weighted by Crippen LogP contribution is -2.45. The van der Waals surface area contributed by atoms with Gasteiger partial charge in [0.05, 0.1) is 18.0 Å². The molecule has 0 saturated heterocycles. The van der Waals surface area contributed by atoms with E-state index in [0.717, 1.165) is 29.4 Å². The summed E-state index contributed by atoms with van der Waals surface area (Å²) < 4.78 is 12.9. The average Bonchev–Trinajstić information content (AvgIpc) is 3.50. The second-order valence-corrected chi connectivity index (χ2v) is 9.35. The van der Waals surface area contributed by atoms with Crippen molar-refractivity contribution in [1.82, 2.24) is 24.6 Å². The summed E-state index contributed by atoms with van der Waals surface area (Å²) >= 11 is 6.42. The maximum Gasteiger partial charge on any atom is 0.216 e. The Morgan fingerprint density at radius 1 is 1.26 bits per heavy atom. The van der Waals surface area contributed by atoms with E-state index < -0.39 is 12.5 Å². The van der Waals surface area contributed by atoms with Crippen molar-refractivity contribution in [3.8, 4) is 5.75 Å². The maximum atomic E-state index is 10.8. The summed E-state index contributed by atoms with van der Waals surface area (Å²) in [7, 11) is 0. The highest BCUT2D eigenvalue weighted by Gasteiger charge is 2.35. The number of hydrogen-bond donors (Lipinski definition) is 3. The Kier molecular flexibility index (Phi) is 7.22. The number of rotatable bonds is 9. The molecule has 1 aromatic carbocycles. The van der Waals surface area contributed by atoms with E-state index in [9.17, 15) is 10.2 Å². The highest BCUT2D eigenvalue weighted by atomic mass is 35.5. The smallest absolute Gasteiger partial charge is 0.216 e. The standard InChI is InChI=1S/C25H30ClN5O4/c1-2-34-25(33)31-10-9-20-21-11-17(26)5-8-22(21)29-23(20)24(31)16-3-6-19(7-4-16)35-13-18(32)12-30-15-27-14-28-30/h3-4,6-8,11,14-15,17-18,24-25,29,32-33H,2,5,9-10,12-13H2,1H3. The number of fused-ring (bicyclic) bond motifs is 3. The van der Waals surface area contributed by atoms with E-state index in [1.807, 2.05) is 36.1 Å². The summed E-state index contributed by atoms with van der Waals surface area (Å²) in [4.78, 5) is 9.43. The molecular weight excluding hydrogens is 470 g/mol. The molecule has 10 heteroatoms. The molecule has 0 amide bonds. The Hall–Kier alpha value is -2.69. The predicted molar refractivity (Wildman–Crippen MR) is 131 cm³/mol. The van der Waals surface area contributed by atoms with Crippen molar-refractivity contribution >= 4 is 23.8 Å². The number of hydrogen-bond acceptors (Lipinski definition) is 7. The van der Waals surface area contributed by atoms with Gasteiger partial charge in [0.2, 0.25) is 6.41 Å². The van der Waals surface area contributed by atoms with E-state index in [2.05, 4.69) is 27.2 Å². The molecule has 0 radical (unpaired) electrons. The van der Waals surface area contributed by atoms with Crippen LogP contribution in [-0.2, 0) is 17.7 Å². The Morgan fingerprint density at radius 3 is 2.83 bits per heavy atom. The van der Waals surface area contributed by atoms with Gasteiger partial charge in [-0.25, -0.2) is 9.88 Å². The fourth-order valence-electron chi connectivity index (χ4n) is 4.84. The monoisotopic (exact) mass is 499 g/mol. The van der Waals surface area contributed by atoms with Gasteiger partial charge in [-0.1, -0.05) is 24.3 Å². The molecule has 0 spiro atoms. The molecule has 3 aromatic rings. The molecule has 2 aliphatic rings. The first-order chi connectivity index (χ1) is 17.0. The van der Waals surface area contributed by atoms with Crippen LogP contribution in [0.3, 0.4) is 0 Å². The van der Waals surface area contributed by atoms with Crippen molar-refractivity contribution < 1.29 is 19.7 Å². The third-order valence-corrected chi connectivity index (χ3v) is 6.74. The molecule has 3 N–H and O–H groups in total. The van der Waals surface area contributed by atoms with E-state index in [0.29, 0.717) is 25.4 Å². The first kappa shape index (κ1) is 24.0. The molecule has 4 atom stereocenters. The van der Waals surface area contributed by atoms with E-state index in [1.165, 1.54) is 17.1 Å². The second kappa shape index (κ2) is 10.5. The number of nitrogens with one attached hydrogen (secondary N) is 1. The lowest BCUT2D eigenvalue weighted by molar-refractivity contribution is -0.202. The largest absolute Gasteiger partial charge is 0.491 e. The number of ether oxygens (including phenoxy) is 2. The first-order valence-electron chi connectivity index (χ1n) is 11.9. The number of aromatic amines is 1. The highest BCUT2D eigenvalue weighted by molar-refractivity contribution is 6.24. The third-order valence-electron chi connectivity index (χ3n) is 6.43. The number of alkyl halides is 1. The summed E-state index contributed by atoms with van der Waals surface area (Å²) in [5.41, 5.74) is 3.29. The van der Waals surface area contributed by atoms with Crippen LogP contribution in [0.4, 0.5) is 0 Å². The molecule has 9 nitrogen and oxygen atoms in total. The second-order valence-electron chi connectivity index (χ2n) is 8.79. The number of H-pyrrole nitrogens is 1. The SMILES string of the molecule is CCOC(O)N1CCc2c([nH]c3c2=CC(Cl)CC=3)C1c1ccc(OCC(O)Cn2cncn2)cc1. The minimum atomic E-state index is -1.02. The van der Waals surface area contributed by atoms with Crippen LogP contribution < -0.4 is 15.3 Å². The van der Waals surface area contributed by atoms with Crippen molar-refractivity contribution in [2.24, 2.45) is 0 Å². The van der Waals surface area contributed by atoms with Crippen molar-refractivity contribution in [2.45, 2.75) is 50.2 Å². The number of aliphatic hydroxyl groups is 2. The summed E-state index contributed by atoms with van der Waals surface area (Å²) in [6.07, 6.45) is 7.11. The van der Waals surface area contributed by atoms with Gasteiger partial charge >= 0.3 is 0 Å². The van der Waals surface area contributed by atoms with Crippen LogP contribution in [0.1, 0.15) is 36.2 Å². The van der Waals surface area contributed by atoms with Crippen LogP contribution in [0.15, 0.2) is 36.9 Å². The zero-order chi connectivity index (χ0) is 24.4. The molecular formula is C25H30ClN5O4. The van der Waals surface area contributed by atoms with E-state index in [4.69, 9.17) is 21.1 Å². The Balaban J connectivity index is 1.39. The van der Waals surface area contributed by atoms with Crippen LogP contribution in [0, 0.1) is 0 Å². The molecule has 0 bridgehead atoms. The third kappa shape index (κ3) is 5.14. The van der Waals surface area contributed by atoms with Gasteiger partial charge in [0.25, 0.3) is 0 Å². The Bertz CT molecular complexity index is 1240. The lowest BCUT2D eigenvalue weighted by Gasteiger charge is -2.38. The van der Waals surface area contributed by atoms with Gasteiger partial charge in [-0.05, 0) is 43.0 Å². The maximum absolute atomic E-state index is 10.8. The molecule has 0 saturated carbocycles. The van der Waals surface area contributed by atoms with Crippen LogP contribution >= 0.6 is 11.6 Å². The summed E-state index contributed by atoms with van der Waals surface area (Å²) in [5.74, 6) is 0.650. The fraction of sp³-hybridized carbons (Fsp3) is 0.440. The van der Waals surface area contributed by atoms with Crippen molar-refractivity contribution in [3.05, 3.63) is 64.3 Å². The summed E-state index contributed by atoms with van der Waals surface area (Å²) in [6.45, 7) is 3.38. The molecule has 1 aliphatic carbocycles. The molecule has 35 heavy (non-hydrogen) atoms. The van der Waals surface area contributed by atoms with Gasteiger partial charge in [-0.3, -0.25) is 4.68 Å². The van der Waals surface area contributed by atoms with Crippen molar-refractivity contribution in [3.63, 3.8) is 0 Å². The van der Waals surface area contributed by atoms with Crippen LogP contribution in [0.25, 0.3) is 12.2 Å². The average molecular weight is 500 g/mol. The molecule has 5 rings (SSSR count). The van der Waals surface area contributed by atoms with Gasteiger partial charge in [0.15, 0.2) is 0 Å². The van der Waals surface area contributed by atoms with Crippen LogP contribution in [0.2, 0.25) is 0 Å². The van der Waals surface area contributed by atoms with Crippen molar-refractivity contribution in [2.75, 3.05) is 19.8 Å². The van der Waals surface area contributed by atoms with E-state index in [-0.39, 0.29) is 18.0 Å². The zero-order valence-electron chi connectivity index (χ0n) is 19.5. The minimum absolute atomic E-state index is 0.00997. The van der Waals surface area contributed by atoms with Gasteiger partial charge < -0.3 is 24.7 Å². The highest BCUT2D eigenvalue weighted by Crippen LogP contribution is 2.35. The number of benzene rings is 1. The topological polar surface area (TPSA) is 109 Å². The lowest BCUT2D eigenvalue weighted by atomic mass is 9.92. The Morgan fingerprint density at radius 2 is 2.09 bits per heavy atom. The number of halogens is 1. The zero-order valence-corrected chi connectivity index (χ0v) is 20.3. The van der Waals surface area contributed by atoms with Crippen LogP contribution in [0.5, 0.6) is 5.75 Å².